The average Bonchev–Trinajstić information content (AvgIpc) is 2.86. The second-order valence-electron chi connectivity index (χ2n) is 7.21. The third-order valence-electron chi connectivity index (χ3n) is 5.19. The van der Waals surface area contributed by atoms with E-state index in [-0.39, 0.29) is 25.0 Å². The van der Waals surface area contributed by atoms with Crippen molar-refractivity contribution >= 4 is 11.9 Å². The van der Waals surface area contributed by atoms with Crippen LogP contribution in [0, 0.1) is 0 Å². The minimum atomic E-state index is -0.496. The number of carbonyl (C=O) groups excluding carboxylic acids is 2. The van der Waals surface area contributed by atoms with Crippen molar-refractivity contribution in [2.24, 2.45) is 0 Å². The van der Waals surface area contributed by atoms with Crippen molar-refractivity contribution in [3.8, 4) is 23.0 Å². The summed E-state index contributed by atoms with van der Waals surface area (Å²) in [7, 11) is 5.89. The van der Waals surface area contributed by atoms with E-state index in [1.54, 1.807) is 30.2 Å². The van der Waals surface area contributed by atoms with Gasteiger partial charge in [-0.1, -0.05) is 6.07 Å². The fourth-order valence-corrected chi connectivity index (χ4v) is 3.54. The zero-order chi connectivity index (χ0) is 23.8. The second kappa shape index (κ2) is 11.4. The molecule has 0 radical (unpaired) electrons. The van der Waals surface area contributed by atoms with E-state index < -0.39 is 5.97 Å². The van der Waals surface area contributed by atoms with Crippen molar-refractivity contribution in [3.05, 3.63) is 41.7 Å². The molecule has 10 heteroatoms. The van der Waals surface area contributed by atoms with E-state index in [0.29, 0.717) is 53.8 Å². The second-order valence-corrected chi connectivity index (χ2v) is 7.21. The van der Waals surface area contributed by atoms with Crippen LogP contribution >= 0.6 is 0 Å². The predicted molar refractivity (Wildman–Crippen MR) is 117 cm³/mol. The first-order valence-electron chi connectivity index (χ1n) is 10.3. The van der Waals surface area contributed by atoms with E-state index >= 15 is 0 Å². The molecule has 1 aliphatic heterocycles. The molecule has 1 aromatic carbocycles. The van der Waals surface area contributed by atoms with Gasteiger partial charge < -0.3 is 33.3 Å². The number of esters is 1. The SMILES string of the molecule is COC(=O)c1cncc(OCC2CN(C(=O)Cc3ccc(OC)c(OC)c3OC)CCO2)c1. The largest absolute Gasteiger partial charge is 0.493 e. The topological polar surface area (TPSA) is 106 Å². The molecule has 1 fully saturated rings. The number of benzene rings is 1. The fourth-order valence-electron chi connectivity index (χ4n) is 3.54. The summed E-state index contributed by atoms with van der Waals surface area (Å²) in [5, 5.41) is 0. The summed E-state index contributed by atoms with van der Waals surface area (Å²) in [6, 6.07) is 5.09. The Morgan fingerprint density at radius 1 is 1.09 bits per heavy atom. The van der Waals surface area contributed by atoms with Gasteiger partial charge in [-0.2, -0.15) is 0 Å². The minimum Gasteiger partial charge on any atom is -0.493 e. The Bertz CT molecular complexity index is 981. The van der Waals surface area contributed by atoms with Crippen molar-refractivity contribution in [1.82, 2.24) is 9.88 Å². The molecule has 33 heavy (non-hydrogen) atoms. The molecular formula is C23H28N2O8. The monoisotopic (exact) mass is 460 g/mol. The lowest BCUT2D eigenvalue weighted by Crippen LogP contribution is -2.48. The molecule has 178 valence electrons. The van der Waals surface area contributed by atoms with E-state index in [2.05, 4.69) is 4.98 Å². The first-order chi connectivity index (χ1) is 16.0. The molecular weight excluding hydrogens is 432 g/mol. The van der Waals surface area contributed by atoms with Crippen LogP contribution in [0.25, 0.3) is 0 Å². The van der Waals surface area contributed by atoms with Crippen molar-refractivity contribution < 1.29 is 38.0 Å². The number of nitrogens with zero attached hydrogens (tertiary/aromatic N) is 2. The van der Waals surface area contributed by atoms with Gasteiger partial charge in [-0.15, -0.1) is 0 Å². The molecule has 1 unspecified atom stereocenters. The van der Waals surface area contributed by atoms with E-state index in [9.17, 15) is 9.59 Å². The standard InChI is InChI=1S/C23H28N2O8/c1-28-19-6-5-15(21(29-2)22(19)30-3)10-20(26)25-7-8-32-18(13-25)14-33-17-9-16(11-24-12-17)23(27)31-4/h5-6,9,11-12,18H,7-8,10,13-14H2,1-4H3. The van der Waals surface area contributed by atoms with Crippen molar-refractivity contribution in [3.63, 3.8) is 0 Å². The Morgan fingerprint density at radius 2 is 1.88 bits per heavy atom. The first-order valence-corrected chi connectivity index (χ1v) is 10.3. The maximum atomic E-state index is 13.0. The van der Waals surface area contributed by atoms with E-state index in [1.165, 1.54) is 33.7 Å². The summed E-state index contributed by atoms with van der Waals surface area (Å²) < 4.78 is 32.4. The summed E-state index contributed by atoms with van der Waals surface area (Å²) in [6.07, 6.45) is 2.72. The molecule has 2 heterocycles. The summed E-state index contributed by atoms with van der Waals surface area (Å²) in [4.78, 5) is 30.4. The summed E-state index contributed by atoms with van der Waals surface area (Å²) in [5.74, 6) is 1.30. The Morgan fingerprint density at radius 3 is 2.58 bits per heavy atom. The highest BCUT2D eigenvalue weighted by atomic mass is 16.5. The smallest absolute Gasteiger partial charge is 0.339 e. The molecule has 1 amide bonds. The molecule has 10 nitrogen and oxygen atoms in total. The predicted octanol–water partition coefficient (Wildman–Crippen LogP) is 1.74. The Hall–Kier alpha value is -3.53. The molecule has 2 aromatic rings. The fraction of sp³-hybridized carbons (Fsp3) is 0.435. The molecule has 1 aliphatic rings. The molecule has 0 bridgehead atoms. The van der Waals surface area contributed by atoms with Gasteiger partial charge in [-0.05, 0) is 12.1 Å². The van der Waals surface area contributed by atoms with Crippen LogP contribution in [-0.2, 0) is 20.7 Å². The number of rotatable bonds is 9. The van der Waals surface area contributed by atoms with Gasteiger partial charge in [-0.3, -0.25) is 9.78 Å². The number of hydrogen-bond acceptors (Lipinski definition) is 9. The van der Waals surface area contributed by atoms with Gasteiger partial charge in [0.25, 0.3) is 0 Å². The molecule has 0 spiro atoms. The first kappa shape index (κ1) is 24.1. The lowest BCUT2D eigenvalue weighted by Gasteiger charge is -2.33. The molecule has 1 atom stereocenters. The Kier molecular flexibility index (Phi) is 8.31. The Labute approximate surface area is 192 Å². The number of amides is 1. The van der Waals surface area contributed by atoms with Crippen LogP contribution in [-0.4, -0.2) is 82.6 Å². The highest BCUT2D eigenvalue weighted by molar-refractivity contribution is 5.89. The highest BCUT2D eigenvalue weighted by Gasteiger charge is 2.26. The number of morpholine rings is 1. The third kappa shape index (κ3) is 5.83. The van der Waals surface area contributed by atoms with Gasteiger partial charge in [0.2, 0.25) is 11.7 Å². The number of aromatic nitrogens is 1. The lowest BCUT2D eigenvalue weighted by atomic mass is 10.1. The highest BCUT2D eigenvalue weighted by Crippen LogP contribution is 2.40. The maximum Gasteiger partial charge on any atom is 0.339 e. The van der Waals surface area contributed by atoms with Gasteiger partial charge in [0.05, 0.1) is 59.8 Å². The number of pyridine rings is 1. The molecule has 0 saturated carbocycles. The third-order valence-corrected chi connectivity index (χ3v) is 5.19. The van der Waals surface area contributed by atoms with E-state index in [0.717, 1.165) is 0 Å². The van der Waals surface area contributed by atoms with Gasteiger partial charge in [0, 0.05) is 18.3 Å². The quantitative estimate of drug-likeness (QED) is 0.517. The number of hydrogen-bond donors (Lipinski definition) is 0. The van der Waals surface area contributed by atoms with E-state index in [4.69, 9.17) is 28.4 Å². The van der Waals surface area contributed by atoms with Gasteiger partial charge in [-0.25, -0.2) is 4.79 Å². The summed E-state index contributed by atoms with van der Waals surface area (Å²) >= 11 is 0. The number of carbonyl (C=O) groups is 2. The molecule has 1 aromatic heterocycles. The minimum absolute atomic E-state index is 0.0665. The average molecular weight is 460 g/mol. The van der Waals surface area contributed by atoms with Gasteiger partial charge >= 0.3 is 5.97 Å². The zero-order valence-electron chi connectivity index (χ0n) is 19.2. The van der Waals surface area contributed by atoms with E-state index in [1.807, 2.05) is 0 Å². The van der Waals surface area contributed by atoms with Crippen LogP contribution in [0.4, 0.5) is 0 Å². The van der Waals surface area contributed by atoms with Crippen LogP contribution in [0.15, 0.2) is 30.6 Å². The molecule has 0 aliphatic carbocycles. The van der Waals surface area contributed by atoms with Crippen LogP contribution in [0.5, 0.6) is 23.0 Å². The number of methoxy groups -OCH3 is 4. The van der Waals surface area contributed by atoms with Crippen LogP contribution in [0.3, 0.4) is 0 Å². The Balaban J connectivity index is 1.62. The maximum absolute atomic E-state index is 13.0. The van der Waals surface area contributed by atoms with Crippen LogP contribution in [0.1, 0.15) is 15.9 Å². The van der Waals surface area contributed by atoms with Crippen molar-refractivity contribution in [2.45, 2.75) is 12.5 Å². The van der Waals surface area contributed by atoms with Crippen molar-refractivity contribution in [2.75, 3.05) is 54.7 Å². The molecule has 3 rings (SSSR count). The molecule has 1 saturated heterocycles. The summed E-state index contributed by atoms with van der Waals surface area (Å²) in [6.45, 7) is 1.45. The van der Waals surface area contributed by atoms with Gasteiger partial charge in [0.1, 0.15) is 18.5 Å². The zero-order valence-corrected chi connectivity index (χ0v) is 19.2. The van der Waals surface area contributed by atoms with Crippen LogP contribution in [0.2, 0.25) is 0 Å². The normalized spacial score (nSPS) is 15.5. The van der Waals surface area contributed by atoms with Crippen molar-refractivity contribution in [1.29, 1.82) is 0 Å². The molecule has 0 N–H and O–H groups in total. The summed E-state index contributed by atoms with van der Waals surface area (Å²) in [5.41, 5.74) is 0.991. The number of ether oxygens (including phenoxy) is 6. The van der Waals surface area contributed by atoms with Gasteiger partial charge in [0.15, 0.2) is 11.5 Å². The lowest BCUT2D eigenvalue weighted by molar-refractivity contribution is -0.139. The van der Waals surface area contributed by atoms with Crippen LogP contribution < -0.4 is 18.9 Å².